The van der Waals surface area contributed by atoms with Crippen LogP contribution in [0.3, 0.4) is 0 Å². The van der Waals surface area contributed by atoms with Crippen molar-refractivity contribution in [2.75, 3.05) is 0 Å². The van der Waals surface area contributed by atoms with Crippen LogP contribution in [0.25, 0.3) is 0 Å². The van der Waals surface area contributed by atoms with Gasteiger partial charge in [0.25, 0.3) is 0 Å². The summed E-state index contributed by atoms with van der Waals surface area (Å²) in [7, 11) is -4.88. The smallest absolute Gasteiger partial charge is 0.311 e. The molecule has 0 aromatic rings. The maximum atomic E-state index is 6.07. The van der Waals surface area contributed by atoms with Gasteiger partial charge < -0.3 is 8.23 Å². The van der Waals surface area contributed by atoms with Crippen molar-refractivity contribution < 1.29 is 8.23 Å². The molecule has 1 atom stereocenters. The molecule has 0 aromatic heterocycles. The Balaban J connectivity index is 4.33. The van der Waals surface area contributed by atoms with E-state index in [0.717, 1.165) is 0 Å². The highest BCUT2D eigenvalue weighted by atomic mass is 28.5. The molecule has 1 unspecified atom stereocenters. The van der Waals surface area contributed by atoms with E-state index in [1.165, 1.54) is 0 Å². The largest absolute Gasteiger partial charge is 0.436 e. The molecule has 2 nitrogen and oxygen atoms in total. The van der Waals surface area contributed by atoms with Gasteiger partial charge in [-0.05, 0) is 32.7 Å². The Kier molecular flexibility index (Phi) is 5.24. The first-order chi connectivity index (χ1) is 6.22. The van der Waals surface area contributed by atoms with Crippen molar-refractivity contribution in [1.82, 2.24) is 0 Å². The fraction of sp³-hybridized carbons (Fsp3) is 0.556. The minimum absolute atomic E-state index is 1.22. The topological polar surface area (TPSA) is 18.5 Å². The van der Waals surface area contributed by atoms with E-state index >= 15 is 0 Å². The Morgan fingerprint density at radius 3 is 2.00 bits per heavy atom. The van der Waals surface area contributed by atoms with Gasteiger partial charge in [0.05, 0.1) is 0 Å². The molecule has 0 amide bonds. The summed E-state index contributed by atoms with van der Waals surface area (Å²) in [6.45, 7) is 18.2. The van der Waals surface area contributed by atoms with Gasteiger partial charge in [0.1, 0.15) is 0 Å². The highest BCUT2D eigenvalue weighted by Crippen LogP contribution is 2.17. The molecule has 0 rings (SSSR count). The van der Waals surface area contributed by atoms with Crippen molar-refractivity contribution in [2.24, 2.45) is 0 Å². The fourth-order valence-corrected chi connectivity index (χ4v) is 11.2. The third kappa shape index (κ3) is 5.71. The second-order valence-corrected chi connectivity index (χ2v) is 14.4. The van der Waals surface area contributed by atoms with Gasteiger partial charge in [-0.25, -0.2) is 0 Å². The minimum Gasteiger partial charge on any atom is -0.436 e. The standard InChI is InChI=1S/C9H22O2Si3/c1-8-12(3)10-14(6,7)11-13(4,5)9-2/h8-9,12H,1-2H2,3-7H3. The summed E-state index contributed by atoms with van der Waals surface area (Å²) >= 11 is 0. The number of rotatable bonds is 6. The van der Waals surface area contributed by atoms with E-state index in [9.17, 15) is 0 Å². The molecule has 0 saturated carbocycles. The predicted molar refractivity (Wildman–Crippen MR) is 70.5 cm³/mol. The average Bonchev–Trinajstić information content (AvgIpc) is 2.01. The lowest BCUT2D eigenvalue weighted by Gasteiger charge is -2.32. The average molecular weight is 247 g/mol. The molecule has 82 valence electrons. The number of hydrogen-bond acceptors (Lipinski definition) is 2. The minimum atomic E-state index is -1.96. The molecular weight excluding hydrogens is 224 g/mol. The molecule has 0 heterocycles. The Hall–Kier alpha value is 0.0506. The van der Waals surface area contributed by atoms with Gasteiger partial charge in [-0.1, -0.05) is 11.4 Å². The van der Waals surface area contributed by atoms with Crippen LogP contribution < -0.4 is 0 Å². The molecule has 0 aliphatic rings. The van der Waals surface area contributed by atoms with Crippen LogP contribution in [0.2, 0.25) is 32.7 Å². The highest BCUT2D eigenvalue weighted by Gasteiger charge is 2.33. The lowest BCUT2D eigenvalue weighted by molar-refractivity contribution is 0.409. The van der Waals surface area contributed by atoms with Crippen molar-refractivity contribution in [3.8, 4) is 0 Å². The van der Waals surface area contributed by atoms with E-state index in [2.05, 4.69) is 45.9 Å². The Morgan fingerprint density at radius 2 is 1.64 bits per heavy atom. The van der Waals surface area contributed by atoms with Gasteiger partial charge in [0.2, 0.25) is 0 Å². The molecule has 5 heteroatoms. The first kappa shape index (κ1) is 14.1. The molecule has 0 saturated heterocycles. The summed E-state index contributed by atoms with van der Waals surface area (Å²) in [6, 6.07) is 0. The lowest BCUT2D eigenvalue weighted by atomic mass is 11.3. The molecule has 0 fully saturated rings. The van der Waals surface area contributed by atoms with Crippen molar-refractivity contribution >= 4 is 25.9 Å². The highest BCUT2D eigenvalue weighted by molar-refractivity contribution is 6.87. The molecule has 0 aliphatic heterocycles. The van der Waals surface area contributed by atoms with Crippen LogP contribution >= 0.6 is 0 Å². The van der Waals surface area contributed by atoms with E-state index in [1.807, 2.05) is 11.4 Å². The summed E-state index contributed by atoms with van der Waals surface area (Å²) in [5, 5.41) is 0. The van der Waals surface area contributed by atoms with E-state index in [-0.39, 0.29) is 0 Å². The lowest BCUT2D eigenvalue weighted by Crippen LogP contribution is -2.47. The fourth-order valence-electron chi connectivity index (χ4n) is 1.19. The first-order valence-electron chi connectivity index (χ1n) is 4.86. The van der Waals surface area contributed by atoms with Crippen molar-refractivity contribution in [3.63, 3.8) is 0 Å². The third-order valence-electron chi connectivity index (χ3n) is 1.80. The van der Waals surface area contributed by atoms with Gasteiger partial charge >= 0.3 is 8.56 Å². The quantitative estimate of drug-likeness (QED) is 0.671. The van der Waals surface area contributed by atoms with E-state index < -0.39 is 25.9 Å². The molecule has 0 aromatic carbocycles. The zero-order valence-corrected chi connectivity index (χ0v) is 13.1. The van der Waals surface area contributed by atoms with Crippen LogP contribution in [0.4, 0.5) is 0 Å². The van der Waals surface area contributed by atoms with Crippen molar-refractivity contribution in [3.05, 3.63) is 24.6 Å². The van der Waals surface area contributed by atoms with Gasteiger partial charge in [-0.15, -0.1) is 13.2 Å². The molecule has 0 bridgehead atoms. The summed E-state index contributed by atoms with van der Waals surface area (Å²) in [6.07, 6.45) is 0. The van der Waals surface area contributed by atoms with Crippen molar-refractivity contribution in [2.45, 2.75) is 32.7 Å². The zero-order chi connectivity index (χ0) is 11.4. The molecule has 0 N–H and O–H groups in total. The molecule has 0 radical (unpaired) electrons. The van der Waals surface area contributed by atoms with E-state index in [1.54, 1.807) is 0 Å². The van der Waals surface area contributed by atoms with Crippen LogP contribution in [0.15, 0.2) is 24.6 Å². The summed E-state index contributed by atoms with van der Waals surface area (Å²) < 4.78 is 12.0. The maximum Gasteiger partial charge on any atom is 0.311 e. The Bertz CT molecular complexity index is 214. The van der Waals surface area contributed by atoms with E-state index in [0.29, 0.717) is 0 Å². The van der Waals surface area contributed by atoms with Gasteiger partial charge in [0, 0.05) is 0 Å². The Morgan fingerprint density at radius 1 is 1.14 bits per heavy atom. The van der Waals surface area contributed by atoms with Gasteiger partial charge in [-0.2, -0.15) is 0 Å². The molecule has 0 aliphatic carbocycles. The Labute approximate surface area is 91.7 Å². The van der Waals surface area contributed by atoms with Crippen LogP contribution in [-0.4, -0.2) is 25.9 Å². The van der Waals surface area contributed by atoms with Crippen LogP contribution in [-0.2, 0) is 8.23 Å². The van der Waals surface area contributed by atoms with Crippen LogP contribution in [0.5, 0.6) is 0 Å². The second kappa shape index (κ2) is 5.22. The second-order valence-electron chi connectivity index (χ2n) is 4.37. The first-order valence-corrected chi connectivity index (χ1v) is 13.0. The SMILES string of the molecule is C=C[SiH](C)O[Si](C)(C)O[Si](C)(C)C=C. The summed E-state index contributed by atoms with van der Waals surface area (Å²) in [4.78, 5) is 0. The van der Waals surface area contributed by atoms with Crippen LogP contribution in [0.1, 0.15) is 0 Å². The van der Waals surface area contributed by atoms with Crippen LogP contribution in [0, 0.1) is 0 Å². The van der Waals surface area contributed by atoms with Gasteiger partial charge in [0.15, 0.2) is 17.4 Å². The predicted octanol–water partition coefficient (Wildman–Crippen LogP) is 2.73. The normalized spacial score (nSPS) is 14.9. The van der Waals surface area contributed by atoms with Gasteiger partial charge in [-0.3, -0.25) is 0 Å². The molecular formula is C9H22O2Si3. The summed E-state index contributed by atoms with van der Waals surface area (Å²) in [5.41, 5.74) is 3.88. The van der Waals surface area contributed by atoms with E-state index in [4.69, 9.17) is 8.23 Å². The number of hydrogen-bond donors (Lipinski definition) is 0. The monoisotopic (exact) mass is 246 g/mol. The summed E-state index contributed by atoms with van der Waals surface area (Å²) in [5.74, 6) is 0. The third-order valence-corrected chi connectivity index (χ3v) is 11.3. The van der Waals surface area contributed by atoms with Crippen molar-refractivity contribution in [1.29, 1.82) is 0 Å². The molecule has 14 heavy (non-hydrogen) atoms. The molecule has 0 spiro atoms. The zero-order valence-electron chi connectivity index (χ0n) is 9.96. The maximum absolute atomic E-state index is 6.07.